The second-order valence-corrected chi connectivity index (χ2v) is 5.95. The van der Waals surface area contributed by atoms with Crippen LogP contribution in [-0.2, 0) is 19.3 Å². The van der Waals surface area contributed by atoms with Crippen LogP contribution in [0.3, 0.4) is 0 Å². The lowest BCUT2D eigenvalue weighted by Crippen LogP contribution is -2.25. The summed E-state index contributed by atoms with van der Waals surface area (Å²) in [5, 5.41) is 19.0. The van der Waals surface area contributed by atoms with Crippen LogP contribution in [0.25, 0.3) is 0 Å². The Hall–Kier alpha value is -1.83. The van der Waals surface area contributed by atoms with Gasteiger partial charge in [-0.05, 0) is 30.2 Å². The topological polar surface area (TPSA) is 56.8 Å². The first-order chi connectivity index (χ1) is 11.4. The number of rotatable bonds is 4. The summed E-state index contributed by atoms with van der Waals surface area (Å²) in [7, 11) is 0. The van der Waals surface area contributed by atoms with Crippen molar-refractivity contribution in [1.29, 1.82) is 0 Å². The van der Waals surface area contributed by atoms with E-state index in [1.807, 2.05) is 0 Å². The molecule has 1 aromatic carbocycles. The Morgan fingerprint density at radius 2 is 1.83 bits per heavy atom. The van der Waals surface area contributed by atoms with E-state index in [2.05, 4.69) is 0 Å². The number of aliphatic hydroxyl groups is 2. The van der Waals surface area contributed by atoms with E-state index in [1.165, 1.54) is 12.1 Å². The van der Waals surface area contributed by atoms with Crippen LogP contribution in [0.15, 0.2) is 40.8 Å². The Labute approximate surface area is 137 Å². The molecule has 1 fully saturated rings. The van der Waals surface area contributed by atoms with Gasteiger partial charge in [-0.2, -0.15) is 13.2 Å². The largest absolute Gasteiger partial charge is 0.462 e. The van der Waals surface area contributed by atoms with Crippen molar-refractivity contribution in [2.24, 2.45) is 0 Å². The van der Waals surface area contributed by atoms with Crippen molar-refractivity contribution < 1.29 is 27.8 Å². The molecule has 130 valence electrons. The summed E-state index contributed by atoms with van der Waals surface area (Å²) in [5.74, 6) is 0.944. The summed E-state index contributed by atoms with van der Waals surface area (Å²) in [6.45, 7) is 0.308. The maximum atomic E-state index is 13.3. The Balaban J connectivity index is 1.88. The van der Waals surface area contributed by atoms with Gasteiger partial charge >= 0.3 is 6.18 Å². The smallest absolute Gasteiger partial charge is 0.416 e. The predicted molar refractivity (Wildman–Crippen MR) is 79.8 cm³/mol. The van der Waals surface area contributed by atoms with E-state index in [-0.39, 0.29) is 31.7 Å². The average molecular weight is 341 g/mol. The van der Waals surface area contributed by atoms with E-state index in [0.717, 1.165) is 6.07 Å². The first-order valence-electron chi connectivity index (χ1n) is 7.65. The van der Waals surface area contributed by atoms with E-state index in [0.29, 0.717) is 11.5 Å². The Kier molecular flexibility index (Phi) is 4.67. The van der Waals surface area contributed by atoms with Gasteiger partial charge in [0.05, 0.1) is 18.2 Å². The van der Waals surface area contributed by atoms with Crippen LogP contribution in [0.4, 0.5) is 13.2 Å². The molecule has 3 rings (SSSR count). The highest BCUT2D eigenvalue weighted by atomic mass is 19.4. The monoisotopic (exact) mass is 341 g/mol. The zero-order chi connectivity index (χ0) is 17.3. The number of nitrogens with zero attached hydrogens (tertiary/aromatic N) is 1. The first-order valence-corrected chi connectivity index (χ1v) is 7.65. The SMILES string of the molecule is OCc1ccc(CN2CC(O)CC2c2ccccc2C(F)(F)F)o1. The predicted octanol–water partition coefficient (Wildman–Crippen LogP) is 3.10. The summed E-state index contributed by atoms with van der Waals surface area (Å²) in [6, 6.07) is 8.23. The van der Waals surface area contributed by atoms with Crippen LogP contribution in [0.1, 0.15) is 35.1 Å². The van der Waals surface area contributed by atoms with Crippen molar-refractivity contribution >= 4 is 0 Å². The molecule has 1 aliphatic heterocycles. The van der Waals surface area contributed by atoms with Crippen molar-refractivity contribution in [3.05, 3.63) is 59.0 Å². The van der Waals surface area contributed by atoms with Crippen LogP contribution in [0.5, 0.6) is 0 Å². The summed E-state index contributed by atoms with van der Waals surface area (Å²) >= 11 is 0. The van der Waals surface area contributed by atoms with Crippen LogP contribution >= 0.6 is 0 Å². The molecule has 7 heteroatoms. The minimum Gasteiger partial charge on any atom is -0.462 e. The lowest BCUT2D eigenvalue weighted by atomic mass is 9.97. The summed E-state index contributed by atoms with van der Waals surface area (Å²) in [4.78, 5) is 1.77. The molecule has 0 bridgehead atoms. The molecule has 0 saturated carbocycles. The number of furan rings is 1. The number of halogens is 3. The Bertz CT molecular complexity index is 698. The van der Waals surface area contributed by atoms with Crippen molar-refractivity contribution in [1.82, 2.24) is 4.90 Å². The van der Waals surface area contributed by atoms with Crippen LogP contribution < -0.4 is 0 Å². The van der Waals surface area contributed by atoms with E-state index < -0.39 is 23.9 Å². The van der Waals surface area contributed by atoms with Crippen molar-refractivity contribution in [3.8, 4) is 0 Å². The average Bonchev–Trinajstić information content (AvgIpc) is 3.13. The zero-order valence-corrected chi connectivity index (χ0v) is 12.8. The standard InChI is InChI=1S/C17H18F3NO3/c18-17(19,20)15-4-2-1-3-14(15)16-7-11(23)8-21(16)9-12-5-6-13(10-22)24-12/h1-6,11,16,22-23H,7-10H2. The lowest BCUT2D eigenvalue weighted by Gasteiger charge is -2.26. The molecule has 1 aromatic heterocycles. The van der Waals surface area contributed by atoms with Crippen molar-refractivity contribution in [2.75, 3.05) is 6.54 Å². The summed E-state index contributed by atoms with van der Waals surface area (Å²) in [5.41, 5.74) is -0.514. The maximum absolute atomic E-state index is 13.3. The molecular weight excluding hydrogens is 323 g/mol. The molecular formula is C17H18F3NO3. The van der Waals surface area contributed by atoms with E-state index in [4.69, 9.17) is 9.52 Å². The Morgan fingerprint density at radius 1 is 1.12 bits per heavy atom. The van der Waals surface area contributed by atoms with E-state index in [1.54, 1.807) is 23.1 Å². The number of benzene rings is 1. The number of aliphatic hydroxyl groups excluding tert-OH is 2. The van der Waals surface area contributed by atoms with Crippen molar-refractivity contribution in [2.45, 2.75) is 37.9 Å². The van der Waals surface area contributed by atoms with Crippen LogP contribution in [-0.4, -0.2) is 27.8 Å². The fourth-order valence-corrected chi connectivity index (χ4v) is 3.22. The number of hydrogen-bond acceptors (Lipinski definition) is 4. The molecule has 2 aromatic rings. The molecule has 2 N–H and O–H groups in total. The second kappa shape index (κ2) is 6.58. The molecule has 1 aliphatic rings. The van der Waals surface area contributed by atoms with Crippen LogP contribution in [0, 0.1) is 0 Å². The molecule has 0 aliphatic carbocycles. The number of β-amino-alcohol motifs (C(OH)–C–C–N with tert-alkyl or cyclic N) is 1. The normalized spacial score (nSPS) is 22.2. The van der Waals surface area contributed by atoms with Gasteiger partial charge in [0.1, 0.15) is 18.1 Å². The van der Waals surface area contributed by atoms with Gasteiger partial charge in [0, 0.05) is 12.6 Å². The van der Waals surface area contributed by atoms with Gasteiger partial charge in [0.15, 0.2) is 0 Å². The molecule has 2 unspecified atom stereocenters. The van der Waals surface area contributed by atoms with Crippen LogP contribution in [0.2, 0.25) is 0 Å². The zero-order valence-electron chi connectivity index (χ0n) is 12.8. The highest BCUT2D eigenvalue weighted by molar-refractivity contribution is 5.33. The molecule has 24 heavy (non-hydrogen) atoms. The molecule has 2 atom stereocenters. The minimum atomic E-state index is -4.44. The number of likely N-dealkylation sites (tertiary alicyclic amines) is 1. The quantitative estimate of drug-likeness (QED) is 0.897. The molecule has 1 saturated heterocycles. The molecule has 4 nitrogen and oxygen atoms in total. The fourth-order valence-electron chi connectivity index (χ4n) is 3.22. The fraction of sp³-hybridized carbons (Fsp3) is 0.412. The van der Waals surface area contributed by atoms with Gasteiger partial charge in [-0.15, -0.1) is 0 Å². The van der Waals surface area contributed by atoms with Gasteiger partial charge in [0.2, 0.25) is 0 Å². The van der Waals surface area contributed by atoms with Gasteiger partial charge in [-0.1, -0.05) is 18.2 Å². The second-order valence-electron chi connectivity index (χ2n) is 5.95. The first kappa shape index (κ1) is 17.0. The third-order valence-corrected chi connectivity index (χ3v) is 4.24. The highest BCUT2D eigenvalue weighted by Gasteiger charge is 2.39. The van der Waals surface area contributed by atoms with Gasteiger partial charge < -0.3 is 14.6 Å². The lowest BCUT2D eigenvalue weighted by molar-refractivity contribution is -0.138. The van der Waals surface area contributed by atoms with Gasteiger partial charge in [0.25, 0.3) is 0 Å². The van der Waals surface area contributed by atoms with E-state index in [9.17, 15) is 18.3 Å². The minimum absolute atomic E-state index is 0.162. The number of alkyl halides is 3. The van der Waals surface area contributed by atoms with Gasteiger partial charge in [-0.25, -0.2) is 0 Å². The summed E-state index contributed by atoms with van der Waals surface area (Å²) < 4.78 is 45.2. The molecule has 0 amide bonds. The van der Waals surface area contributed by atoms with Crippen molar-refractivity contribution in [3.63, 3.8) is 0 Å². The molecule has 0 radical (unpaired) electrons. The Morgan fingerprint density at radius 3 is 2.50 bits per heavy atom. The molecule has 2 heterocycles. The molecule has 0 spiro atoms. The third-order valence-electron chi connectivity index (χ3n) is 4.24. The summed E-state index contributed by atoms with van der Waals surface area (Å²) in [6.07, 6.45) is -4.89. The van der Waals surface area contributed by atoms with Gasteiger partial charge in [-0.3, -0.25) is 4.90 Å². The highest BCUT2D eigenvalue weighted by Crippen LogP contribution is 2.40. The third kappa shape index (κ3) is 3.48. The maximum Gasteiger partial charge on any atom is 0.416 e. The number of hydrogen-bond donors (Lipinski definition) is 2. The van der Waals surface area contributed by atoms with E-state index >= 15 is 0 Å².